The van der Waals surface area contributed by atoms with Gasteiger partial charge in [0.25, 0.3) is 5.56 Å². The van der Waals surface area contributed by atoms with Crippen LogP contribution in [0.4, 0.5) is 4.79 Å². The van der Waals surface area contributed by atoms with Gasteiger partial charge < -0.3 is 20.5 Å². The zero-order valence-corrected chi connectivity index (χ0v) is 14.9. The minimum absolute atomic E-state index is 0.0999. The highest BCUT2D eigenvalue weighted by molar-refractivity contribution is 9.11. The van der Waals surface area contributed by atoms with Crippen LogP contribution < -0.4 is 22.3 Å². The first kappa shape index (κ1) is 19.2. The maximum atomic E-state index is 12.0. The van der Waals surface area contributed by atoms with Gasteiger partial charge >= 0.3 is 11.8 Å². The molecule has 136 valence electrons. The van der Waals surface area contributed by atoms with Crippen molar-refractivity contribution >= 4 is 28.1 Å². The number of hydrogen-bond donors (Lipinski definition) is 3. The summed E-state index contributed by atoms with van der Waals surface area (Å²) < 4.78 is 11.8. The van der Waals surface area contributed by atoms with E-state index in [-0.39, 0.29) is 13.2 Å². The molecule has 9 nitrogen and oxygen atoms in total. The van der Waals surface area contributed by atoms with Gasteiger partial charge in [-0.15, -0.1) is 0 Å². The maximum Gasteiger partial charge on any atom is 0.407 e. The van der Waals surface area contributed by atoms with Gasteiger partial charge in [0.1, 0.15) is 12.8 Å². The number of aromatic amines is 1. The van der Waals surface area contributed by atoms with Crippen LogP contribution in [0.1, 0.15) is 18.2 Å². The van der Waals surface area contributed by atoms with E-state index in [0.717, 1.165) is 0 Å². The lowest BCUT2D eigenvalue weighted by Crippen LogP contribution is -2.41. The molecule has 0 aromatic carbocycles. The van der Waals surface area contributed by atoms with Crippen molar-refractivity contribution in [2.24, 2.45) is 5.73 Å². The Hall–Kier alpha value is -2.17. The number of ether oxygens (including phenoxy) is 2. The summed E-state index contributed by atoms with van der Waals surface area (Å²) in [5, 5.41) is 2.54. The van der Waals surface area contributed by atoms with Gasteiger partial charge in [-0.1, -0.05) is 28.6 Å². The van der Waals surface area contributed by atoms with Crippen LogP contribution >= 0.6 is 15.9 Å². The fraction of sp³-hybridized carbons (Fsp3) is 0.400. The van der Waals surface area contributed by atoms with Gasteiger partial charge in [0.05, 0.1) is 11.7 Å². The van der Waals surface area contributed by atoms with Crippen LogP contribution in [-0.4, -0.2) is 40.9 Å². The third-order valence-electron chi connectivity index (χ3n) is 3.61. The number of halogens is 1. The molecule has 0 spiro atoms. The third kappa shape index (κ3) is 4.91. The van der Waals surface area contributed by atoms with Gasteiger partial charge in [-0.3, -0.25) is 14.3 Å². The van der Waals surface area contributed by atoms with Gasteiger partial charge in [0, 0.05) is 25.2 Å². The second-order valence-corrected chi connectivity index (χ2v) is 5.87. The van der Waals surface area contributed by atoms with Crippen LogP contribution in [-0.2, 0) is 9.47 Å². The monoisotopic (exact) mass is 414 g/mol. The molecule has 0 unspecified atom stereocenters. The van der Waals surface area contributed by atoms with Crippen molar-refractivity contribution in [2.45, 2.75) is 24.8 Å². The van der Waals surface area contributed by atoms with E-state index >= 15 is 0 Å². The number of hydrogen-bond acceptors (Lipinski definition) is 6. The normalized spacial score (nSPS) is 22.9. The summed E-state index contributed by atoms with van der Waals surface area (Å²) in [7, 11) is 0. The molecule has 0 saturated carbocycles. The molecule has 2 heterocycles. The van der Waals surface area contributed by atoms with Crippen LogP contribution in [0, 0.1) is 0 Å². The van der Waals surface area contributed by atoms with Gasteiger partial charge in [0.15, 0.2) is 0 Å². The summed E-state index contributed by atoms with van der Waals surface area (Å²) in [5.41, 5.74) is 5.23. The molecule has 1 aliphatic heterocycles. The van der Waals surface area contributed by atoms with Gasteiger partial charge in [-0.2, -0.15) is 0 Å². The van der Waals surface area contributed by atoms with Gasteiger partial charge in [-0.05, 0) is 11.1 Å². The summed E-state index contributed by atoms with van der Waals surface area (Å²) in [6.07, 6.45) is 2.99. The Balaban J connectivity index is 2.07. The Labute approximate surface area is 151 Å². The summed E-state index contributed by atoms with van der Waals surface area (Å²) in [6.45, 7) is 3.68. The summed E-state index contributed by atoms with van der Waals surface area (Å²) in [4.78, 5) is 38.9. The number of rotatable bonds is 6. The number of amides is 1. The zero-order valence-electron chi connectivity index (χ0n) is 13.3. The standard InChI is InChI=1S/C15H19BrN4O5/c1-2-5-24-15(23)18-7-11-10(17)6-12(25-11)20-8-9(3-4-16)13(21)19-14(20)22/h2-4,8,10-12H,1,5-7,17H2,(H,18,23)(H,19,21,22)/b4-3+/t10-,11+,12+/m0/s1. The molecule has 10 heteroatoms. The van der Waals surface area contributed by atoms with E-state index in [9.17, 15) is 14.4 Å². The number of aromatic nitrogens is 2. The van der Waals surface area contributed by atoms with Gasteiger partial charge in [0.2, 0.25) is 0 Å². The Bertz CT molecular complexity index is 772. The fourth-order valence-electron chi connectivity index (χ4n) is 2.39. The molecule has 1 fully saturated rings. The number of carbonyl (C=O) groups is 1. The molecule has 1 amide bonds. The van der Waals surface area contributed by atoms with E-state index in [1.165, 1.54) is 27.9 Å². The molecule has 2 rings (SSSR count). The fourth-order valence-corrected chi connectivity index (χ4v) is 2.68. The minimum Gasteiger partial charge on any atom is -0.445 e. The van der Waals surface area contributed by atoms with Crippen molar-refractivity contribution in [1.82, 2.24) is 14.9 Å². The molecule has 1 aromatic heterocycles. The predicted molar refractivity (Wildman–Crippen MR) is 95.3 cm³/mol. The summed E-state index contributed by atoms with van der Waals surface area (Å²) >= 11 is 3.09. The lowest BCUT2D eigenvalue weighted by Gasteiger charge is -2.17. The van der Waals surface area contributed by atoms with Crippen molar-refractivity contribution in [1.29, 1.82) is 0 Å². The van der Waals surface area contributed by atoms with E-state index < -0.39 is 35.7 Å². The lowest BCUT2D eigenvalue weighted by molar-refractivity contribution is -0.00204. The lowest BCUT2D eigenvalue weighted by atomic mass is 10.1. The van der Waals surface area contributed by atoms with Crippen molar-refractivity contribution in [3.05, 3.63) is 50.2 Å². The molecule has 3 atom stereocenters. The SMILES string of the molecule is C=CCOC(=O)NC[C@H]1O[C@@H](n2cc(/C=C/Br)c(=O)[nH]c2=O)C[C@@H]1N. The number of alkyl carbamates (subject to hydrolysis) is 1. The van der Waals surface area contributed by atoms with Crippen LogP contribution in [0.25, 0.3) is 6.08 Å². The molecule has 25 heavy (non-hydrogen) atoms. The molecule has 0 bridgehead atoms. The Kier molecular flexibility index (Phi) is 6.73. The topological polar surface area (TPSA) is 128 Å². The number of carbonyl (C=O) groups excluding carboxylic acids is 1. The average Bonchev–Trinajstić information content (AvgIpc) is 2.94. The highest BCUT2D eigenvalue weighted by Crippen LogP contribution is 2.26. The van der Waals surface area contributed by atoms with Crippen molar-refractivity contribution in [2.75, 3.05) is 13.2 Å². The molecule has 1 aromatic rings. The molecule has 0 aliphatic carbocycles. The third-order valence-corrected chi connectivity index (χ3v) is 3.88. The molecular weight excluding hydrogens is 396 g/mol. The molecule has 1 aliphatic rings. The number of nitrogens with zero attached hydrogens (tertiary/aromatic N) is 1. The Morgan fingerprint density at radius 2 is 2.36 bits per heavy atom. The van der Waals surface area contributed by atoms with Crippen LogP contribution in [0.3, 0.4) is 0 Å². The number of H-pyrrole nitrogens is 1. The predicted octanol–water partition coefficient (Wildman–Crippen LogP) is 0.429. The minimum atomic E-state index is -0.641. The Morgan fingerprint density at radius 1 is 1.60 bits per heavy atom. The number of nitrogens with one attached hydrogen (secondary N) is 2. The van der Waals surface area contributed by atoms with Gasteiger partial charge in [-0.25, -0.2) is 9.59 Å². The second kappa shape index (κ2) is 8.79. The highest BCUT2D eigenvalue weighted by Gasteiger charge is 2.34. The number of nitrogens with two attached hydrogens (primary N) is 1. The quantitative estimate of drug-likeness (QED) is 0.578. The highest BCUT2D eigenvalue weighted by atomic mass is 79.9. The molecule has 4 N–H and O–H groups in total. The van der Waals surface area contributed by atoms with Crippen LogP contribution in [0.15, 0.2) is 33.4 Å². The van der Waals surface area contributed by atoms with Crippen molar-refractivity contribution in [3.8, 4) is 0 Å². The Morgan fingerprint density at radius 3 is 3.04 bits per heavy atom. The first-order valence-electron chi connectivity index (χ1n) is 7.51. The average molecular weight is 415 g/mol. The first-order chi connectivity index (χ1) is 12.0. The smallest absolute Gasteiger partial charge is 0.407 e. The van der Waals surface area contributed by atoms with Crippen LogP contribution in [0.2, 0.25) is 0 Å². The van der Waals surface area contributed by atoms with E-state index in [1.54, 1.807) is 0 Å². The van der Waals surface area contributed by atoms with Crippen molar-refractivity contribution < 1.29 is 14.3 Å². The first-order valence-corrected chi connectivity index (χ1v) is 8.42. The van der Waals surface area contributed by atoms with Crippen LogP contribution in [0.5, 0.6) is 0 Å². The molecular formula is C15H19BrN4O5. The second-order valence-electron chi connectivity index (χ2n) is 5.34. The van der Waals surface area contributed by atoms with E-state index in [1.807, 2.05) is 0 Å². The van der Waals surface area contributed by atoms with E-state index in [4.69, 9.17) is 15.2 Å². The van der Waals surface area contributed by atoms with E-state index in [2.05, 4.69) is 32.8 Å². The maximum absolute atomic E-state index is 12.0. The summed E-state index contributed by atoms with van der Waals surface area (Å²) in [5.74, 6) is 0. The van der Waals surface area contributed by atoms with E-state index in [0.29, 0.717) is 12.0 Å². The summed E-state index contributed by atoms with van der Waals surface area (Å²) in [6, 6.07) is -0.390. The largest absolute Gasteiger partial charge is 0.445 e. The zero-order chi connectivity index (χ0) is 18.4. The molecule has 0 radical (unpaired) electrons. The van der Waals surface area contributed by atoms with Crippen molar-refractivity contribution in [3.63, 3.8) is 0 Å². The molecule has 1 saturated heterocycles.